The van der Waals surface area contributed by atoms with Crippen molar-refractivity contribution in [2.24, 2.45) is 23.5 Å². The number of piperidine rings is 1. The zero-order valence-corrected chi connectivity index (χ0v) is 9.69. The lowest BCUT2D eigenvalue weighted by atomic mass is 10.2. The van der Waals surface area contributed by atoms with Gasteiger partial charge in [0.05, 0.1) is 0 Å². The summed E-state index contributed by atoms with van der Waals surface area (Å²) in [6.07, 6.45) is -0.175. The molecule has 0 bridgehead atoms. The lowest BCUT2D eigenvalue weighted by molar-refractivity contribution is 0.0266. The molecule has 2 aliphatic rings. The van der Waals surface area contributed by atoms with Gasteiger partial charge in [-0.1, -0.05) is 0 Å². The Morgan fingerprint density at radius 3 is 2.33 bits per heavy atom. The molecule has 0 aromatic carbocycles. The molecule has 0 aromatic heterocycles. The molecule has 1 saturated carbocycles. The quantitative estimate of drug-likeness (QED) is 0.707. The van der Waals surface area contributed by atoms with E-state index in [4.69, 9.17) is 10.5 Å². The van der Waals surface area contributed by atoms with Crippen LogP contribution in [0.2, 0.25) is 0 Å². The van der Waals surface area contributed by atoms with Crippen LogP contribution in [0.15, 0.2) is 0 Å². The predicted octanol–water partition coefficient (Wildman–Crippen LogP) is 1.06. The zero-order chi connectivity index (χ0) is 11.2. The first kappa shape index (κ1) is 10.7. The molecule has 2 N–H and O–H groups in total. The third-order valence-electron chi connectivity index (χ3n) is 3.30. The first-order valence-corrected chi connectivity index (χ1v) is 5.60. The van der Waals surface area contributed by atoms with E-state index in [0.717, 1.165) is 19.6 Å². The number of likely N-dealkylation sites (tertiary alicyclic amines) is 1. The van der Waals surface area contributed by atoms with Crippen molar-refractivity contribution >= 4 is 6.09 Å². The highest BCUT2D eigenvalue weighted by molar-refractivity contribution is 5.68. The molecular formula is C11H20N2O2. The maximum atomic E-state index is 11.7. The Labute approximate surface area is 90.8 Å². The molecule has 1 aliphatic heterocycles. The van der Waals surface area contributed by atoms with E-state index in [1.54, 1.807) is 0 Å². The van der Waals surface area contributed by atoms with Crippen molar-refractivity contribution in [3.63, 3.8) is 0 Å². The van der Waals surface area contributed by atoms with E-state index in [0.29, 0.717) is 17.8 Å². The average molecular weight is 212 g/mol. The van der Waals surface area contributed by atoms with Gasteiger partial charge in [-0.05, 0) is 45.1 Å². The van der Waals surface area contributed by atoms with E-state index in [-0.39, 0.29) is 6.09 Å². The summed E-state index contributed by atoms with van der Waals surface area (Å²) in [7, 11) is 0. The van der Waals surface area contributed by atoms with E-state index >= 15 is 0 Å². The Bertz CT molecular complexity index is 260. The Morgan fingerprint density at radius 1 is 1.40 bits per heavy atom. The molecule has 0 spiro atoms. The Kier molecular flexibility index (Phi) is 2.41. The van der Waals surface area contributed by atoms with Crippen LogP contribution in [-0.2, 0) is 4.74 Å². The standard InChI is InChI=1S/C11H20N2O2/c1-11(2,3)15-10(14)13-5-8-7(4-12)9(8)6-13/h7-9H,4-6,12H2,1-3H3/t7?,8-,9+. The number of nitrogens with zero attached hydrogens (tertiary/aromatic N) is 1. The minimum atomic E-state index is -0.392. The summed E-state index contributed by atoms with van der Waals surface area (Å²) in [5, 5.41) is 0. The number of rotatable bonds is 1. The number of ether oxygens (including phenoxy) is 1. The van der Waals surface area contributed by atoms with Gasteiger partial charge in [0, 0.05) is 13.1 Å². The predicted molar refractivity (Wildman–Crippen MR) is 57.3 cm³/mol. The molecule has 2 rings (SSSR count). The Morgan fingerprint density at radius 2 is 1.93 bits per heavy atom. The van der Waals surface area contributed by atoms with Crippen molar-refractivity contribution in [2.45, 2.75) is 26.4 Å². The number of amides is 1. The number of hydrogen-bond donors (Lipinski definition) is 1. The average Bonchev–Trinajstić information content (AvgIpc) is 2.54. The monoisotopic (exact) mass is 212 g/mol. The first-order valence-electron chi connectivity index (χ1n) is 5.60. The SMILES string of the molecule is CC(C)(C)OC(=O)N1C[C@@H]2C(CN)[C@@H]2C1. The highest BCUT2D eigenvalue weighted by Crippen LogP contribution is 2.51. The van der Waals surface area contributed by atoms with Gasteiger partial charge in [0.25, 0.3) is 0 Å². The molecule has 1 unspecified atom stereocenters. The fourth-order valence-corrected chi connectivity index (χ4v) is 2.47. The second-order valence-corrected chi connectivity index (χ2v) is 5.61. The van der Waals surface area contributed by atoms with Crippen LogP contribution >= 0.6 is 0 Å². The van der Waals surface area contributed by atoms with Gasteiger partial charge in [0.1, 0.15) is 5.60 Å². The van der Waals surface area contributed by atoms with Crippen molar-refractivity contribution < 1.29 is 9.53 Å². The van der Waals surface area contributed by atoms with Crippen molar-refractivity contribution in [1.29, 1.82) is 0 Å². The third kappa shape index (κ3) is 2.09. The van der Waals surface area contributed by atoms with E-state index in [1.807, 2.05) is 25.7 Å². The summed E-state index contributed by atoms with van der Waals surface area (Å²) >= 11 is 0. The first-order chi connectivity index (χ1) is 6.92. The molecular weight excluding hydrogens is 192 g/mol. The topological polar surface area (TPSA) is 55.6 Å². The number of hydrogen-bond acceptors (Lipinski definition) is 3. The number of carbonyl (C=O) groups excluding carboxylic acids is 1. The third-order valence-corrected chi connectivity index (χ3v) is 3.30. The fraction of sp³-hybridized carbons (Fsp3) is 0.909. The van der Waals surface area contributed by atoms with Crippen LogP contribution in [0.4, 0.5) is 4.79 Å². The number of carbonyl (C=O) groups is 1. The van der Waals surface area contributed by atoms with Crippen molar-refractivity contribution in [3.05, 3.63) is 0 Å². The van der Waals surface area contributed by atoms with Gasteiger partial charge in [-0.15, -0.1) is 0 Å². The Hall–Kier alpha value is -0.770. The van der Waals surface area contributed by atoms with E-state index in [9.17, 15) is 4.79 Å². The minimum Gasteiger partial charge on any atom is -0.444 e. The van der Waals surface area contributed by atoms with Crippen molar-refractivity contribution in [1.82, 2.24) is 4.90 Å². The maximum absolute atomic E-state index is 11.7. The minimum absolute atomic E-state index is 0.175. The second-order valence-electron chi connectivity index (χ2n) is 5.61. The molecule has 1 aliphatic carbocycles. The van der Waals surface area contributed by atoms with Crippen LogP contribution in [-0.4, -0.2) is 36.2 Å². The van der Waals surface area contributed by atoms with Crippen LogP contribution in [0, 0.1) is 17.8 Å². The maximum Gasteiger partial charge on any atom is 0.410 e. The lowest BCUT2D eigenvalue weighted by Gasteiger charge is -2.25. The molecule has 2 fully saturated rings. The van der Waals surface area contributed by atoms with Gasteiger partial charge in [0.2, 0.25) is 0 Å². The molecule has 3 atom stereocenters. The molecule has 4 heteroatoms. The number of nitrogens with two attached hydrogens (primary N) is 1. The summed E-state index contributed by atoms with van der Waals surface area (Å²) in [5.74, 6) is 1.94. The highest BCUT2D eigenvalue weighted by Gasteiger charge is 2.56. The number of fused-ring (bicyclic) bond motifs is 1. The normalized spacial score (nSPS) is 33.9. The van der Waals surface area contributed by atoms with E-state index in [1.165, 1.54) is 0 Å². The molecule has 4 nitrogen and oxygen atoms in total. The van der Waals surface area contributed by atoms with Gasteiger partial charge < -0.3 is 15.4 Å². The highest BCUT2D eigenvalue weighted by atomic mass is 16.6. The molecule has 86 valence electrons. The summed E-state index contributed by atoms with van der Waals surface area (Å²) in [6, 6.07) is 0. The van der Waals surface area contributed by atoms with Crippen LogP contribution in [0.1, 0.15) is 20.8 Å². The summed E-state index contributed by atoms with van der Waals surface area (Å²) in [5.41, 5.74) is 5.22. The van der Waals surface area contributed by atoms with Gasteiger partial charge in [-0.3, -0.25) is 0 Å². The van der Waals surface area contributed by atoms with Crippen LogP contribution in [0.5, 0.6) is 0 Å². The Balaban J connectivity index is 1.82. The summed E-state index contributed by atoms with van der Waals surface area (Å²) in [6.45, 7) is 8.11. The fourth-order valence-electron chi connectivity index (χ4n) is 2.47. The van der Waals surface area contributed by atoms with Gasteiger partial charge >= 0.3 is 6.09 Å². The van der Waals surface area contributed by atoms with Crippen LogP contribution in [0.3, 0.4) is 0 Å². The molecule has 15 heavy (non-hydrogen) atoms. The molecule has 0 aromatic rings. The smallest absolute Gasteiger partial charge is 0.410 e. The van der Waals surface area contributed by atoms with Crippen LogP contribution < -0.4 is 5.73 Å². The molecule has 1 amide bonds. The summed E-state index contributed by atoms with van der Waals surface area (Å²) < 4.78 is 5.32. The van der Waals surface area contributed by atoms with Gasteiger partial charge in [-0.2, -0.15) is 0 Å². The van der Waals surface area contributed by atoms with Crippen molar-refractivity contribution in [3.8, 4) is 0 Å². The van der Waals surface area contributed by atoms with Crippen LogP contribution in [0.25, 0.3) is 0 Å². The zero-order valence-electron chi connectivity index (χ0n) is 9.69. The van der Waals surface area contributed by atoms with Crippen molar-refractivity contribution in [2.75, 3.05) is 19.6 Å². The van der Waals surface area contributed by atoms with E-state index < -0.39 is 5.60 Å². The lowest BCUT2D eigenvalue weighted by Crippen LogP contribution is -2.37. The molecule has 1 saturated heterocycles. The van der Waals surface area contributed by atoms with Gasteiger partial charge in [-0.25, -0.2) is 4.79 Å². The molecule has 0 radical (unpaired) electrons. The van der Waals surface area contributed by atoms with Gasteiger partial charge in [0.15, 0.2) is 0 Å². The summed E-state index contributed by atoms with van der Waals surface area (Å²) in [4.78, 5) is 13.5. The largest absolute Gasteiger partial charge is 0.444 e. The molecule has 1 heterocycles. The van der Waals surface area contributed by atoms with E-state index in [2.05, 4.69) is 0 Å². The second kappa shape index (κ2) is 3.37.